The monoisotopic (exact) mass is 258 g/mol. The molecule has 98 valence electrons. The van der Waals surface area contributed by atoms with Crippen LogP contribution in [0.1, 0.15) is 23.0 Å². The summed E-state index contributed by atoms with van der Waals surface area (Å²) in [6.45, 7) is 1.08. The van der Waals surface area contributed by atoms with Gasteiger partial charge >= 0.3 is 0 Å². The lowest BCUT2D eigenvalue weighted by atomic mass is 9.94. The second-order valence-electron chi connectivity index (χ2n) is 4.38. The van der Waals surface area contributed by atoms with Gasteiger partial charge in [0.25, 0.3) is 0 Å². The quantitative estimate of drug-likeness (QED) is 0.702. The van der Waals surface area contributed by atoms with Gasteiger partial charge in [-0.1, -0.05) is 29.5 Å². The molecule has 1 unspecified atom stereocenters. The zero-order chi connectivity index (χ0) is 13.1. The van der Waals surface area contributed by atoms with Gasteiger partial charge in [-0.2, -0.15) is 5.21 Å². The normalized spacial score (nSPS) is 17.8. The van der Waals surface area contributed by atoms with Gasteiger partial charge in [-0.3, -0.25) is 4.79 Å². The number of carbonyl (C=O) groups excluding carboxylic acids is 1. The zero-order valence-electron chi connectivity index (χ0n) is 10.3. The van der Waals surface area contributed by atoms with Gasteiger partial charge in [0.15, 0.2) is 5.82 Å². The number of nitrogens with one attached hydrogen (secondary N) is 3. The maximum absolute atomic E-state index is 12.2. The summed E-state index contributed by atoms with van der Waals surface area (Å²) in [4.78, 5) is 12.2. The lowest BCUT2D eigenvalue weighted by Gasteiger charge is -2.25. The number of carbonyl (C=O) groups is 1. The van der Waals surface area contributed by atoms with Crippen molar-refractivity contribution in [2.75, 3.05) is 6.54 Å². The Balaban J connectivity index is 1.71. The fourth-order valence-corrected chi connectivity index (χ4v) is 2.26. The molecule has 7 heteroatoms. The van der Waals surface area contributed by atoms with Gasteiger partial charge in [-0.25, -0.2) is 0 Å². The first-order valence-corrected chi connectivity index (χ1v) is 6.16. The summed E-state index contributed by atoms with van der Waals surface area (Å²) in [5.41, 5.74) is 2.26. The summed E-state index contributed by atoms with van der Waals surface area (Å²) in [7, 11) is 0. The van der Waals surface area contributed by atoms with Crippen molar-refractivity contribution < 1.29 is 4.79 Å². The average Bonchev–Trinajstić information content (AvgIpc) is 2.97. The van der Waals surface area contributed by atoms with E-state index >= 15 is 0 Å². The number of hydrogen-bond donors (Lipinski definition) is 3. The average molecular weight is 258 g/mol. The second kappa shape index (κ2) is 5.15. The molecular formula is C12H14N6O. The van der Waals surface area contributed by atoms with Gasteiger partial charge in [0.2, 0.25) is 5.91 Å². The number of fused-ring (bicyclic) bond motifs is 1. The van der Waals surface area contributed by atoms with Crippen LogP contribution >= 0.6 is 0 Å². The van der Waals surface area contributed by atoms with Crippen LogP contribution in [0.2, 0.25) is 0 Å². The van der Waals surface area contributed by atoms with Gasteiger partial charge in [0.05, 0.1) is 6.54 Å². The number of H-pyrrole nitrogens is 1. The van der Waals surface area contributed by atoms with Gasteiger partial charge in [0, 0.05) is 6.54 Å². The summed E-state index contributed by atoms with van der Waals surface area (Å²) in [6.07, 6.45) is 0.949. The smallest absolute Gasteiger partial charge is 0.242 e. The van der Waals surface area contributed by atoms with Gasteiger partial charge in [-0.15, -0.1) is 10.2 Å². The molecular weight excluding hydrogens is 244 g/mol. The van der Waals surface area contributed by atoms with Crippen molar-refractivity contribution >= 4 is 5.91 Å². The van der Waals surface area contributed by atoms with Gasteiger partial charge in [0.1, 0.15) is 6.04 Å². The third-order valence-electron chi connectivity index (χ3n) is 3.18. The number of benzene rings is 1. The largest absolute Gasteiger partial charge is 0.347 e. The highest BCUT2D eigenvalue weighted by Gasteiger charge is 2.25. The van der Waals surface area contributed by atoms with E-state index in [1.807, 2.05) is 18.2 Å². The Labute approximate surface area is 109 Å². The molecule has 1 aliphatic heterocycles. The summed E-state index contributed by atoms with van der Waals surface area (Å²) in [5.74, 6) is 0.398. The zero-order valence-corrected chi connectivity index (χ0v) is 10.3. The van der Waals surface area contributed by atoms with Crippen LogP contribution in [-0.4, -0.2) is 33.1 Å². The molecule has 0 fully saturated rings. The van der Waals surface area contributed by atoms with Crippen molar-refractivity contribution in [2.24, 2.45) is 0 Å². The molecule has 0 bridgehead atoms. The van der Waals surface area contributed by atoms with E-state index in [1.165, 1.54) is 5.56 Å². The Bertz CT molecular complexity index is 567. The van der Waals surface area contributed by atoms with Crippen molar-refractivity contribution in [1.29, 1.82) is 0 Å². The van der Waals surface area contributed by atoms with Crippen LogP contribution in [0.4, 0.5) is 0 Å². The minimum absolute atomic E-state index is 0.0723. The first kappa shape index (κ1) is 11.8. The Morgan fingerprint density at radius 3 is 3.16 bits per heavy atom. The van der Waals surface area contributed by atoms with E-state index in [4.69, 9.17) is 0 Å². The highest BCUT2D eigenvalue weighted by molar-refractivity contribution is 5.83. The SMILES string of the molecule is O=C(NCc1nn[nH]n1)C1NCCc2ccccc21. The van der Waals surface area contributed by atoms with Crippen LogP contribution in [0.15, 0.2) is 24.3 Å². The third-order valence-corrected chi connectivity index (χ3v) is 3.18. The molecule has 0 radical (unpaired) electrons. The third kappa shape index (κ3) is 2.45. The molecule has 1 amide bonds. The van der Waals surface area contributed by atoms with Crippen LogP contribution in [0, 0.1) is 0 Å². The van der Waals surface area contributed by atoms with Crippen LogP contribution in [0.3, 0.4) is 0 Å². The standard InChI is InChI=1S/C12H14N6O/c19-12(14-7-10-15-17-18-16-10)11-9-4-2-1-3-8(9)5-6-13-11/h1-4,11,13H,5-7H2,(H,14,19)(H,15,16,17,18). The van der Waals surface area contributed by atoms with E-state index in [1.54, 1.807) is 0 Å². The van der Waals surface area contributed by atoms with Crippen LogP contribution < -0.4 is 10.6 Å². The van der Waals surface area contributed by atoms with Crippen LogP contribution in [-0.2, 0) is 17.8 Å². The Hall–Kier alpha value is -2.28. The van der Waals surface area contributed by atoms with Crippen molar-refractivity contribution in [3.63, 3.8) is 0 Å². The number of aromatic nitrogens is 4. The van der Waals surface area contributed by atoms with Gasteiger partial charge < -0.3 is 10.6 Å². The predicted molar refractivity (Wildman–Crippen MR) is 66.9 cm³/mol. The lowest BCUT2D eigenvalue weighted by molar-refractivity contribution is -0.123. The van der Waals surface area contributed by atoms with E-state index in [2.05, 4.69) is 37.3 Å². The molecule has 1 aromatic carbocycles. The van der Waals surface area contributed by atoms with Crippen LogP contribution in [0.5, 0.6) is 0 Å². The van der Waals surface area contributed by atoms with E-state index in [-0.39, 0.29) is 18.5 Å². The van der Waals surface area contributed by atoms with E-state index < -0.39 is 0 Å². The number of hydrogen-bond acceptors (Lipinski definition) is 5. The Kier molecular flexibility index (Phi) is 3.20. The Morgan fingerprint density at radius 2 is 2.32 bits per heavy atom. The van der Waals surface area contributed by atoms with E-state index in [9.17, 15) is 4.79 Å². The fraction of sp³-hybridized carbons (Fsp3) is 0.333. The highest BCUT2D eigenvalue weighted by atomic mass is 16.2. The molecule has 19 heavy (non-hydrogen) atoms. The maximum atomic E-state index is 12.2. The first-order valence-electron chi connectivity index (χ1n) is 6.16. The van der Waals surface area contributed by atoms with Crippen molar-refractivity contribution in [1.82, 2.24) is 31.3 Å². The molecule has 2 heterocycles. The fourth-order valence-electron chi connectivity index (χ4n) is 2.26. The highest BCUT2D eigenvalue weighted by Crippen LogP contribution is 2.22. The molecule has 1 aliphatic rings. The molecule has 0 aliphatic carbocycles. The van der Waals surface area contributed by atoms with Crippen LogP contribution in [0.25, 0.3) is 0 Å². The van der Waals surface area contributed by atoms with E-state index in [0.29, 0.717) is 5.82 Å². The van der Waals surface area contributed by atoms with Crippen molar-refractivity contribution in [2.45, 2.75) is 19.0 Å². The molecule has 3 N–H and O–H groups in total. The first-order chi connectivity index (χ1) is 9.34. The van der Waals surface area contributed by atoms with Crippen molar-refractivity contribution in [3.8, 4) is 0 Å². The van der Waals surface area contributed by atoms with Crippen molar-refractivity contribution in [3.05, 3.63) is 41.2 Å². The number of aromatic amines is 1. The minimum Gasteiger partial charge on any atom is -0.347 e. The van der Waals surface area contributed by atoms with E-state index in [0.717, 1.165) is 18.5 Å². The molecule has 1 atom stereocenters. The molecule has 3 rings (SSSR count). The Morgan fingerprint density at radius 1 is 1.42 bits per heavy atom. The number of rotatable bonds is 3. The summed E-state index contributed by atoms with van der Waals surface area (Å²) < 4.78 is 0. The topological polar surface area (TPSA) is 95.6 Å². The maximum Gasteiger partial charge on any atom is 0.242 e. The predicted octanol–water partition coefficient (Wildman–Crippen LogP) is -0.297. The summed E-state index contributed by atoms with van der Waals surface area (Å²) >= 11 is 0. The van der Waals surface area contributed by atoms with Gasteiger partial charge in [-0.05, 0) is 17.5 Å². The molecule has 7 nitrogen and oxygen atoms in total. The molecule has 0 saturated heterocycles. The molecule has 2 aromatic rings. The minimum atomic E-state index is -0.308. The molecule has 0 spiro atoms. The summed E-state index contributed by atoms with van der Waals surface area (Å²) in [5, 5.41) is 19.4. The number of amides is 1. The second-order valence-corrected chi connectivity index (χ2v) is 4.38. The summed E-state index contributed by atoms with van der Waals surface area (Å²) in [6, 6.07) is 7.69. The lowest BCUT2D eigenvalue weighted by Crippen LogP contribution is -2.41. The number of nitrogens with zero attached hydrogens (tertiary/aromatic N) is 3. The number of tetrazole rings is 1. The molecule has 0 saturated carbocycles. The molecule has 1 aromatic heterocycles.